The summed E-state index contributed by atoms with van der Waals surface area (Å²) >= 11 is 3.31. The van der Waals surface area contributed by atoms with Gasteiger partial charge in [0.15, 0.2) is 0 Å². The van der Waals surface area contributed by atoms with Gasteiger partial charge in [0.1, 0.15) is 12.4 Å². The predicted octanol–water partition coefficient (Wildman–Crippen LogP) is 3.39. The van der Waals surface area contributed by atoms with E-state index in [0.717, 1.165) is 0 Å². The van der Waals surface area contributed by atoms with Crippen LogP contribution in [0.1, 0.15) is 19.4 Å². The van der Waals surface area contributed by atoms with E-state index in [-0.39, 0.29) is 11.9 Å². The van der Waals surface area contributed by atoms with E-state index in [1.165, 1.54) is 6.07 Å². The molecule has 0 saturated carbocycles. The molecule has 2 rings (SSSR count). The van der Waals surface area contributed by atoms with E-state index in [1.807, 2.05) is 0 Å². The van der Waals surface area contributed by atoms with Crippen molar-refractivity contribution >= 4 is 21.8 Å². The van der Waals surface area contributed by atoms with Crippen molar-refractivity contribution in [1.29, 1.82) is 0 Å². The van der Waals surface area contributed by atoms with Crippen LogP contribution < -0.4 is 0 Å². The van der Waals surface area contributed by atoms with Crippen LogP contribution in [0, 0.1) is 11.7 Å². The van der Waals surface area contributed by atoms with Crippen LogP contribution in [0.4, 0.5) is 4.39 Å². The minimum absolute atomic E-state index is 0.126. The molecule has 86 valence electrons. The third kappa shape index (κ3) is 2.12. The van der Waals surface area contributed by atoms with Crippen molar-refractivity contribution in [3.63, 3.8) is 0 Å². The molecule has 0 saturated heterocycles. The molecule has 0 aromatic heterocycles. The zero-order chi connectivity index (χ0) is 11.7. The Morgan fingerprint density at radius 1 is 1.50 bits per heavy atom. The van der Waals surface area contributed by atoms with Crippen LogP contribution in [0.15, 0.2) is 27.7 Å². The quantitative estimate of drug-likeness (QED) is 0.816. The summed E-state index contributed by atoms with van der Waals surface area (Å²) in [4.78, 5) is 4.40. The minimum atomic E-state index is -0.308. The Labute approximate surface area is 103 Å². The average molecular weight is 286 g/mol. The van der Waals surface area contributed by atoms with Crippen LogP contribution in [0.5, 0.6) is 0 Å². The highest BCUT2D eigenvalue weighted by atomic mass is 79.9. The molecule has 16 heavy (non-hydrogen) atoms. The monoisotopic (exact) mass is 285 g/mol. The fraction of sp³-hybridized carbons (Fsp3) is 0.417. The maximum atomic E-state index is 13.6. The zero-order valence-electron chi connectivity index (χ0n) is 9.21. The van der Waals surface area contributed by atoms with E-state index >= 15 is 0 Å². The number of nitrogens with zero attached hydrogens (tertiary/aromatic N) is 1. The largest absolute Gasteiger partial charge is 0.475 e. The van der Waals surface area contributed by atoms with Crippen LogP contribution in [0.3, 0.4) is 0 Å². The van der Waals surface area contributed by atoms with E-state index in [9.17, 15) is 4.39 Å². The highest BCUT2D eigenvalue weighted by Crippen LogP contribution is 2.25. The highest BCUT2D eigenvalue weighted by Gasteiger charge is 2.25. The van der Waals surface area contributed by atoms with Crippen LogP contribution in [0.2, 0.25) is 0 Å². The van der Waals surface area contributed by atoms with Crippen molar-refractivity contribution in [1.82, 2.24) is 0 Å². The van der Waals surface area contributed by atoms with Crippen molar-refractivity contribution in [2.75, 3.05) is 6.61 Å². The molecule has 1 heterocycles. The zero-order valence-corrected chi connectivity index (χ0v) is 10.8. The third-order valence-electron chi connectivity index (χ3n) is 2.62. The van der Waals surface area contributed by atoms with Gasteiger partial charge >= 0.3 is 0 Å². The molecular weight excluding hydrogens is 273 g/mol. The van der Waals surface area contributed by atoms with Gasteiger partial charge in [-0.25, -0.2) is 9.38 Å². The van der Waals surface area contributed by atoms with Gasteiger partial charge in [-0.15, -0.1) is 0 Å². The molecular formula is C12H13BrFNO. The minimum Gasteiger partial charge on any atom is -0.475 e. The van der Waals surface area contributed by atoms with E-state index < -0.39 is 0 Å². The molecule has 0 fully saturated rings. The summed E-state index contributed by atoms with van der Waals surface area (Å²) < 4.78 is 19.8. The summed E-state index contributed by atoms with van der Waals surface area (Å²) in [5.74, 6) is 0.504. The fourth-order valence-electron chi connectivity index (χ4n) is 1.57. The molecule has 1 atom stereocenters. The first-order valence-electron chi connectivity index (χ1n) is 5.24. The van der Waals surface area contributed by atoms with Gasteiger partial charge in [0.05, 0.1) is 11.6 Å². The highest BCUT2D eigenvalue weighted by molar-refractivity contribution is 9.10. The van der Waals surface area contributed by atoms with Gasteiger partial charge in [-0.3, -0.25) is 0 Å². The number of hydrogen-bond acceptors (Lipinski definition) is 2. The molecule has 4 heteroatoms. The third-order valence-corrected chi connectivity index (χ3v) is 3.28. The summed E-state index contributed by atoms with van der Waals surface area (Å²) in [6.07, 6.45) is 0. The molecule has 0 aliphatic carbocycles. The van der Waals surface area contributed by atoms with E-state index in [2.05, 4.69) is 34.8 Å². The Kier molecular flexibility index (Phi) is 3.28. The first kappa shape index (κ1) is 11.6. The van der Waals surface area contributed by atoms with Gasteiger partial charge in [-0.05, 0) is 34.0 Å². The topological polar surface area (TPSA) is 21.6 Å². The average Bonchev–Trinajstić information content (AvgIpc) is 2.66. The molecule has 0 bridgehead atoms. The summed E-state index contributed by atoms with van der Waals surface area (Å²) in [5.41, 5.74) is 0.422. The Hall–Kier alpha value is -0.900. The van der Waals surface area contributed by atoms with Crippen molar-refractivity contribution in [3.8, 4) is 0 Å². The predicted molar refractivity (Wildman–Crippen MR) is 65.2 cm³/mol. The molecule has 0 N–H and O–H groups in total. The molecule has 1 aliphatic heterocycles. The summed E-state index contributed by atoms with van der Waals surface area (Å²) in [5, 5.41) is 0. The Morgan fingerprint density at radius 2 is 2.25 bits per heavy atom. The molecule has 0 radical (unpaired) electrons. The standard InChI is InChI=1S/C12H13BrFNO/c1-7(2)10-6-16-12(15-10)11-8(13)4-3-5-9(11)14/h3-5,7,10H,6H2,1-2H3. The molecule has 1 aliphatic rings. The second-order valence-corrected chi connectivity index (χ2v) is 5.01. The molecule has 1 aromatic rings. The summed E-state index contributed by atoms with van der Waals surface area (Å²) in [6.45, 7) is 4.70. The van der Waals surface area contributed by atoms with Crippen molar-refractivity contribution in [2.24, 2.45) is 10.9 Å². The molecule has 2 nitrogen and oxygen atoms in total. The number of ether oxygens (including phenoxy) is 1. The van der Waals surface area contributed by atoms with Crippen LogP contribution in [-0.2, 0) is 4.74 Å². The lowest BCUT2D eigenvalue weighted by Gasteiger charge is -2.06. The van der Waals surface area contributed by atoms with Gasteiger partial charge < -0.3 is 4.74 Å². The Balaban J connectivity index is 2.36. The van der Waals surface area contributed by atoms with Crippen LogP contribution in [0.25, 0.3) is 0 Å². The number of aliphatic imine (C=N–C) groups is 1. The molecule has 0 amide bonds. The second-order valence-electron chi connectivity index (χ2n) is 4.15. The summed E-state index contributed by atoms with van der Waals surface area (Å²) in [7, 11) is 0. The van der Waals surface area contributed by atoms with Gasteiger partial charge in [0.25, 0.3) is 0 Å². The van der Waals surface area contributed by atoms with Crippen LogP contribution >= 0.6 is 15.9 Å². The van der Waals surface area contributed by atoms with Crippen molar-refractivity contribution in [3.05, 3.63) is 34.1 Å². The van der Waals surface area contributed by atoms with Gasteiger partial charge in [0, 0.05) is 4.47 Å². The SMILES string of the molecule is CC(C)C1COC(c2c(F)cccc2Br)=N1. The van der Waals surface area contributed by atoms with E-state index in [0.29, 0.717) is 28.5 Å². The molecule has 0 spiro atoms. The lowest BCUT2D eigenvalue weighted by molar-refractivity contribution is 0.291. The lowest BCUT2D eigenvalue weighted by atomic mass is 10.1. The second kappa shape index (κ2) is 4.53. The maximum absolute atomic E-state index is 13.6. The lowest BCUT2D eigenvalue weighted by Crippen LogP contribution is -2.13. The van der Waals surface area contributed by atoms with Crippen molar-refractivity contribution < 1.29 is 9.13 Å². The van der Waals surface area contributed by atoms with E-state index in [4.69, 9.17) is 4.74 Å². The normalized spacial score (nSPS) is 19.8. The fourth-order valence-corrected chi connectivity index (χ4v) is 2.08. The van der Waals surface area contributed by atoms with Crippen LogP contribution in [-0.4, -0.2) is 18.5 Å². The van der Waals surface area contributed by atoms with Gasteiger partial charge in [-0.2, -0.15) is 0 Å². The van der Waals surface area contributed by atoms with Gasteiger partial charge in [-0.1, -0.05) is 19.9 Å². The first-order valence-corrected chi connectivity index (χ1v) is 6.04. The Bertz CT molecular complexity index is 411. The number of hydrogen-bond donors (Lipinski definition) is 0. The number of halogens is 2. The first-order chi connectivity index (χ1) is 7.59. The Morgan fingerprint density at radius 3 is 2.81 bits per heavy atom. The number of benzene rings is 1. The van der Waals surface area contributed by atoms with E-state index in [1.54, 1.807) is 12.1 Å². The van der Waals surface area contributed by atoms with Crippen molar-refractivity contribution in [2.45, 2.75) is 19.9 Å². The maximum Gasteiger partial charge on any atom is 0.220 e. The molecule has 1 aromatic carbocycles. The van der Waals surface area contributed by atoms with Gasteiger partial charge in [0.2, 0.25) is 5.90 Å². The number of rotatable bonds is 2. The molecule has 1 unspecified atom stereocenters. The smallest absolute Gasteiger partial charge is 0.220 e. The summed E-state index contributed by atoms with van der Waals surface area (Å²) in [6, 6.07) is 4.97.